The lowest BCUT2D eigenvalue weighted by Crippen LogP contribution is -2.14. The third-order valence-electron chi connectivity index (χ3n) is 11.3. The normalized spacial score (nSPS) is 12.5. The van der Waals surface area contributed by atoms with E-state index in [9.17, 15) is 0 Å². The van der Waals surface area contributed by atoms with Gasteiger partial charge in [-0.1, -0.05) is 153 Å². The number of pyridine rings is 2. The van der Waals surface area contributed by atoms with Crippen LogP contribution < -0.4 is 0 Å². The molecule has 0 atom stereocenters. The average molecular weight is 731 g/mol. The summed E-state index contributed by atoms with van der Waals surface area (Å²) in [6.07, 6.45) is 7.57. The topological polar surface area (TPSA) is 51.6 Å². The molecule has 9 aromatic rings. The molecule has 3 heterocycles. The highest BCUT2D eigenvalue weighted by molar-refractivity contribution is 5.90. The van der Waals surface area contributed by atoms with Gasteiger partial charge < -0.3 is 0 Å². The van der Waals surface area contributed by atoms with E-state index in [1.54, 1.807) is 0 Å². The lowest BCUT2D eigenvalue weighted by atomic mass is 9.82. The maximum absolute atomic E-state index is 5.29. The van der Waals surface area contributed by atoms with E-state index in [0.717, 1.165) is 61.5 Å². The quantitative estimate of drug-likeness (QED) is 0.164. The van der Waals surface area contributed by atoms with Crippen LogP contribution in [0, 0.1) is 0 Å². The number of rotatable bonds is 7. The Morgan fingerprint density at radius 1 is 0.333 bits per heavy atom. The zero-order valence-electron chi connectivity index (χ0n) is 31.8. The van der Waals surface area contributed by atoms with Gasteiger partial charge in [-0.3, -0.25) is 9.97 Å². The van der Waals surface area contributed by atoms with Crippen molar-refractivity contribution in [2.45, 2.75) is 19.3 Å². The monoisotopic (exact) mass is 730 g/mol. The number of nitrogens with zero attached hydrogens (tertiary/aromatic N) is 4. The van der Waals surface area contributed by atoms with Crippen molar-refractivity contribution >= 4 is 0 Å². The molecule has 0 unspecified atom stereocenters. The van der Waals surface area contributed by atoms with Crippen LogP contribution in [-0.4, -0.2) is 19.9 Å². The van der Waals surface area contributed by atoms with E-state index >= 15 is 0 Å². The van der Waals surface area contributed by atoms with E-state index in [0.29, 0.717) is 5.82 Å². The maximum Gasteiger partial charge on any atom is 0.160 e. The predicted octanol–water partition coefficient (Wildman–Crippen LogP) is 13.2. The van der Waals surface area contributed by atoms with Gasteiger partial charge in [0, 0.05) is 58.0 Å². The van der Waals surface area contributed by atoms with E-state index in [1.165, 1.54) is 33.4 Å². The largest absolute Gasteiger partial charge is 0.264 e. The van der Waals surface area contributed by atoms with E-state index < -0.39 is 0 Å². The highest BCUT2D eigenvalue weighted by Gasteiger charge is 2.36. The van der Waals surface area contributed by atoms with Crippen molar-refractivity contribution in [3.8, 4) is 89.5 Å². The number of hydrogen-bond acceptors (Lipinski definition) is 4. The lowest BCUT2D eigenvalue weighted by molar-refractivity contribution is 0.660. The predicted molar refractivity (Wildman–Crippen MR) is 233 cm³/mol. The van der Waals surface area contributed by atoms with Crippen LogP contribution in [0.4, 0.5) is 0 Å². The van der Waals surface area contributed by atoms with Crippen LogP contribution in [0.15, 0.2) is 195 Å². The minimum Gasteiger partial charge on any atom is -0.264 e. The molecule has 0 spiro atoms. The van der Waals surface area contributed by atoms with Crippen LogP contribution in [0.1, 0.15) is 25.0 Å². The van der Waals surface area contributed by atoms with Gasteiger partial charge in [-0.25, -0.2) is 9.97 Å². The standard InChI is InChI=1S/C53H38N4/c1-53(2)48-25-23-41(43-14-9-28-54-33-43)30-45(48)46-31-42(24-26-49(46)53)47-34-55-29-27-44(47)51-32-50(39-19-15-37(16-20-39)35-10-5-3-6-11-35)56-52(57-51)40-21-17-38(18-22-40)36-12-7-4-8-13-36/h3-34H,1-2H3. The van der Waals surface area contributed by atoms with Crippen LogP contribution in [-0.2, 0) is 5.41 Å². The number of hydrogen-bond donors (Lipinski definition) is 0. The second-order valence-electron chi connectivity index (χ2n) is 15.2. The maximum atomic E-state index is 5.29. The molecule has 0 amide bonds. The van der Waals surface area contributed by atoms with Gasteiger partial charge >= 0.3 is 0 Å². The van der Waals surface area contributed by atoms with Gasteiger partial charge in [0.15, 0.2) is 5.82 Å². The first-order chi connectivity index (χ1) is 28.0. The minimum absolute atomic E-state index is 0.128. The molecule has 4 heteroatoms. The highest BCUT2D eigenvalue weighted by atomic mass is 14.9. The first-order valence-corrected chi connectivity index (χ1v) is 19.3. The van der Waals surface area contributed by atoms with Crippen LogP contribution >= 0.6 is 0 Å². The lowest BCUT2D eigenvalue weighted by Gasteiger charge is -2.21. The molecule has 4 nitrogen and oxygen atoms in total. The summed E-state index contributed by atoms with van der Waals surface area (Å²) >= 11 is 0. The molecule has 0 N–H and O–H groups in total. The molecular formula is C53H38N4. The molecular weight excluding hydrogens is 693 g/mol. The second kappa shape index (κ2) is 14.1. The fraction of sp³-hybridized carbons (Fsp3) is 0.0566. The second-order valence-corrected chi connectivity index (χ2v) is 15.2. The summed E-state index contributed by atoms with van der Waals surface area (Å²) in [6.45, 7) is 4.64. The van der Waals surface area contributed by atoms with Crippen molar-refractivity contribution in [1.29, 1.82) is 0 Å². The van der Waals surface area contributed by atoms with Crippen molar-refractivity contribution in [3.05, 3.63) is 206 Å². The summed E-state index contributed by atoms with van der Waals surface area (Å²) in [5.41, 5.74) is 18.7. The molecule has 0 bridgehead atoms. The van der Waals surface area contributed by atoms with Crippen molar-refractivity contribution in [2.24, 2.45) is 0 Å². The van der Waals surface area contributed by atoms with E-state index in [1.807, 2.05) is 43.0 Å². The van der Waals surface area contributed by atoms with Crippen LogP contribution in [0.25, 0.3) is 89.5 Å². The van der Waals surface area contributed by atoms with Crippen molar-refractivity contribution < 1.29 is 0 Å². The van der Waals surface area contributed by atoms with Gasteiger partial charge in [-0.2, -0.15) is 0 Å². The van der Waals surface area contributed by atoms with Gasteiger partial charge in [-0.15, -0.1) is 0 Å². The number of aromatic nitrogens is 4. The van der Waals surface area contributed by atoms with Crippen molar-refractivity contribution in [1.82, 2.24) is 19.9 Å². The Kier molecular flexibility index (Phi) is 8.45. The molecule has 0 saturated heterocycles. The molecule has 10 rings (SSSR count). The number of benzene rings is 6. The molecule has 0 radical (unpaired) electrons. The van der Waals surface area contributed by atoms with Gasteiger partial charge in [0.25, 0.3) is 0 Å². The molecule has 1 aliphatic rings. The van der Waals surface area contributed by atoms with E-state index in [4.69, 9.17) is 9.97 Å². The summed E-state index contributed by atoms with van der Waals surface area (Å²) in [7, 11) is 0. The van der Waals surface area contributed by atoms with Crippen LogP contribution in [0.2, 0.25) is 0 Å². The van der Waals surface area contributed by atoms with E-state index in [2.05, 4.69) is 175 Å². The SMILES string of the molecule is CC1(C)c2ccc(-c3cccnc3)cc2-c2cc(-c3cnccc3-c3cc(-c4ccc(-c5ccccc5)cc4)nc(-c4ccc(-c5ccccc5)cc4)n3)ccc21. The van der Waals surface area contributed by atoms with Gasteiger partial charge in [0.05, 0.1) is 11.4 Å². The molecule has 6 aromatic carbocycles. The third kappa shape index (κ3) is 6.31. The number of fused-ring (bicyclic) bond motifs is 3. The van der Waals surface area contributed by atoms with Crippen LogP contribution in [0.5, 0.6) is 0 Å². The molecule has 3 aromatic heterocycles. The van der Waals surface area contributed by atoms with Gasteiger partial charge in [-0.05, 0) is 86.0 Å². The van der Waals surface area contributed by atoms with Crippen LogP contribution in [0.3, 0.4) is 0 Å². The first-order valence-electron chi connectivity index (χ1n) is 19.3. The Balaban J connectivity index is 1.09. The summed E-state index contributed by atoms with van der Waals surface area (Å²) in [6, 6.07) is 60.1. The summed E-state index contributed by atoms with van der Waals surface area (Å²) in [5, 5.41) is 0. The first kappa shape index (κ1) is 34.2. The van der Waals surface area contributed by atoms with Crippen molar-refractivity contribution in [2.75, 3.05) is 0 Å². The Hall–Kier alpha value is -7.30. The smallest absolute Gasteiger partial charge is 0.160 e. The third-order valence-corrected chi connectivity index (χ3v) is 11.3. The van der Waals surface area contributed by atoms with Gasteiger partial charge in [0.1, 0.15) is 0 Å². The minimum atomic E-state index is -0.128. The fourth-order valence-electron chi connectivity index (χ4n) is 8.27. The highest BCUT2D eigenvalue weighted by Crippen LogP contribution is 2.51. The van der Waals surface area contributed by atoms with E-state index in [-0.39, 0.29) is 5.41 Å². The zero-order chi connectivity index (χ0) is 38.3. The molecule has 0 saturated carbocycles. The molecule has 57 heavy (non-hydrogen) atoms. The Morgan fingerprint density at radius 2 is 0.842 bits per heavy atom. The van der Waals surface area contributed by atoms with Gasteiger partial charge in [0.2, 0.25) is 0 Å². The average Bonchev–Trinajstić information content (AvgIpc) is 3.51. The molecule has 0 aliphatic heterocycles. The molecule has 270 valence electrons. The summed E-state index contributed by atoms with van der Waals surface area (Å²) in [4.78, 5) is 19.5. The Labute approximate surface area is 333 Å². The van der Waals surface area contributed by atoms with Crippen molar-refractivity contribution in [3.63, 3.8) is 0 Å². The Morgan fingerprint density at radius 3 is 1.47 bits per heavy atom. The molecule has 1 aliphatic carbocycles. The molecule has 0 fully saturated rings. The zero-order valence-corrected chi connectivity index (χ0v) is 31.8. The fourth-order valence-corrected chi connectivity index (χ4v) is 8.27. The summed E-state index contributed by atoms with van der Waals surface area (Å²) in [5.74, 6) is 0.671. The Bertz CT molecular complexity index is 2780. The summed E-state index contributed by atoms with van der Waals surface area (Å²) < 4.78 is 0.